The zero-order valence-corrected chi connectivity index (χ0v) is 17.4. The van der Waals surface area contributed by atoms with Gasteiger partial charge in [-0.1, -0.05) is 30.3 Å². The van der Waals surface area contributed by atoms with Crippen molar-refractivity contribution < 1.29 is 14.3 Å². The van der Waals surface area contributed by atoms with E-state index in [4.69, 9.17) is 4.74 Å². The molecule has 1 aliphatic heterocycles. The number of anilines is 2. The van der Waals surface area contributed by atoms with Crippen molar-refractivity contribution in [2.45, 2.75) is 26.2 Å². The summed E-state index contributed by atoms with van der Waals surface area (Å²) >= 11 is 1.32. The molecule has 0 bridgehead atoms. The maximum Gasteiger partial charge on any atom is 0.266 e. The first-order chi connectivity index (χ1) is 14.0. The molecule has 5 nitrogen and oxygen atoms in total. The number of fused-ring (bicyclic) bond motifs is 1. The molecule has 148 valence electrons. The van der Waals surface area contributed by atoms with E-state index in [2.05, 4.69) is 10.6 Å². The lowest BCUT2D eigenvalue weighted by molar-refractivity contribution is -0.116. The molecule has 2 N–H and O–H groups in total. The van der Waals surface area contributed by atoms with Crippen LogP contribution in [0.3, 0.4) is 0 Å². The van der Waals surface area contributed by atoms with Crippen LogP contribution in [-0.4, -0.2) is 18.9 Å². The van der Waals surface area contributed by atoms with Gasteiger partial charge in [0.2, 0.25) is 5.91 Å². The average molecular weight is 407 g/mol. The lowest BCUT2D eigenvalue weighted by atomic mass is 9.84. The minimum Gasteiger partial charge on any atom is -0.496 e. The van der Waals surface area contributed by atoms with Gasteiger partial charge in [-0.25, -0.2) is 0 Å². The number of benzene rings is 2. The molecule has 0 radical (unpaired) electrons. The third-order valence-electron chi connectivity index (χ3n) is 5.18. The van der Waals surface area contributed by atoms with Gasteiger partial charge in [-0.05, 0) is 48.7 Å². The first-order valence-corrected chi connectivity index (χ1v) is 10.2. The van der Waals surface area contributed by atoms with Gasteiger partial charge in [-0.15, -0.1) is 11.3 Å². The zero-order chi connectivity index (χ0) is 20.5. The molecule has 1 aliphatic rings. The van der Waals surface area contributed by atoms with Gasteiger partial charge in [0.1, 0.15) is 5.75 Å². The third kappa shape index (κ3) is 3.63. The number of thiophene rings is 1. The maximum atomic E-state index is 13.0. The van der Waals surface area contributed by atoms with Crippen LogP contribution in [-0.2, 0) is 4.79 Å². The SMILES string of the molecule is COc1ccccc1C1CC(=O)Nc2sc(C(=O)Nc3cccc(C)c3)c(C)c21. The number of amides is 2. The number of hydrogen-bond acceptors (Lipinski definition) is 4. The summed E-state index contributed by atoms with van der Waals surface area (Å²) in [5.41, 5.74) is 4.68. The van der Waals surface area contributed by atoms with Crippen molar-refractivity contribution in [2.24, 2.45) is 0 Å². The first kappa shape index (κ1) is 19.2. The molecule has 3 aromatic rings. The van der Waals surface area contributed by atoms with Crippen molar-refractivity contribution in [1.29, 1.82) is 0 Å². The van der Waals surface area contributed by atoms with E-state index in [9.17, 15) is 9.59 Å². The van der Waals surface area contributed by atoms with Crippen LogP contribution >= 0.6 is 11.3 Å². The molecule has 0 spiro atoms. The van der Waals surface area contributed by atoms with E-state index in [1.807, 2.05) is 62.4 Å². The molecular formula is C23H22N2O3S. The van der Waals surface area contributed by atoms with Gasteiger partial charge < -0.3 is 15.4 Å². The van der Waals surface area contributed by atoms with Gasteiger partial charge in [-0.3, -0.25) is 9.59 Å². The summed E-state index contributed by atoms with van der Waals surface area (Å²) in [5.74, 6) is 0.377. The summed E-state index contributed by atoms with van der Waals surface area (Å²) in [6, 6.07) is 15.4. The van der Waals surface area contributed by atoms with Crippen molar-refractivity contribution in [2.75, 3.05) is 17.7 Å². The average Bonchev–Trinajstić information content (AvgIpc) is 3.03. The van der Waals surface area contributed by atoms with Crippen LogP contribution in [0.1, 0.15) is 44.3 Å². The van der Waals surface area contributed by atoms with Gasteiger partial charge in [0, 0.05) is 23.6 Å². The quantitative estimate of drug-likeness (QED) is 0.633. The molecular weight excluding hydrogens is 384 g/mol. The number of aryl methyl sites for hydroxylation is 1. The molecule has 6 heteroatoms. The van der Waals surface area contributed by atoms with Crippen molar-refractivity contribution in [1.82, 2.24) is 0 Å². The monoisotopic (exact) mass is 406 g/mol. The van der Waals surface area contributed by atoms with Crippen molar-refractivity contribution in [3.8, 4) is 5.75 Å². The molecule has 4 rings (SSSR count). The molecule has 1 unspecified atom stereocenters. The molecule has 1 aromatic heterocycles. The number of carbonyl (C=O) groups is 2. The summed E-state index contributed by atoms with van der Waals surface area (Å²) in [7, 11) is 1.63. The normalized spacial score (nSPS) is 15.4. The Balaban J connectivity index is 1.74. The van der Waals surface area contributed by atoms with Crippen LogP contribution in [0.15, 0.2) is 48.5 Å². The predicted molar refractivity (Wildman–Crippen MR) is 116 cm³/mol. The molecule has 2 amide bonds. The second kappa shape index (κ2) is 7.72. The molecule has 0 saturated carbocycles. The highest BCUT2D eigenvalue weighted by molar-refractivity contribution is 7.18. The Morgan fingerprint density at radius 3 is 2.72 bits per heavy atom. The number of ether oxygens (including phenoxy) is 1. The van der Waals surface area contributed by atoms with Gasteiger partial charge in [0.15, 0.2) is 0 Å². The highest BCUT2D eigenvalue weighted by atomic mass is 32.1. The number of methoxy groups -OCH3 is 1. The van der Waals surface area contributed by atoms with Crippen molar-refractivity contribution in [3.63, 3.8) is 0 Å². The summed E-state index contributed by atoms with van der Waals surface area (Å²) in [5, 5.41) is 6.66. The molecule has 29 heavy (non-hydrogen) atoms. The Morgan fingerprint density at radius 1 is 1.17 bits per heavy atom. The second-order valence-electron chi connectivity index (χ2n) is 7.17. The number of nitrogens with one attached hydrogen (secondary N) is 2. The standard InChI is InChI=1S/C23H22N2O3S/c1-13-7-6-8-15(11-13)24-22(27)21-14(2)20-17(12-19(26)25-23(20)29-21)16-9-4-5-10-18(16)28-3/h4-11,17H,12H2,1-3H3,(H,24,27)(H,25,26). The Morgan fingerprint density at radius 2 is 1.97 bits per heavy atom. The topological polar surface area (TPSA) is 67.4 Å². The molecule has 0 fully saturated rings. The van der Waals surface area contributed by atoms with Gasteiger partial charge >= 0.3 is 0 Å². The van der Waals surface area contributed by atoms with Gasteiger partial charge in [-0.2, -0.15) is 0 Å². The molecule has 2 aromatic carbocycles. The number of rotatable bonds is 4. The number of carbonyl (C=O) groups excluding carboxylic acids is 2. The van der Waals surface area contributed by atoms with Crippen LogP contribution < -0.4 is 15.4 Å². The van der Waals surface area contributed by atoms with Gasteiger partial charge in [0.05, 0.1) is 17.0 Å². The fraction of sp³-hybridized carbons (Fsp3) is 0.217. The highest BCUT2D eigenvalue weighted by Gasteiger charge is 2.34. The Labute approximate surface area is 173 Å². The van der Waals surface area contributed by atoms with E-state index in [0.717, 1.165) is 38.7 Å². The molecule has 1 atom stereocenters. The van der Waals surface area contributed by atoms with Crippen LogP contribution in [0.5, 0.6) is 5.75 Å². The van der Waals surface area contributed by atoms with E-state index >= 15 is 0 Å². The largest absolute Gasteiger partial charge is 0.496 e. The van der Waals surface area contributed by atoms with E-state index in [1.54, 1.807) is 7.11 Å². The maximum absolute atomic E-state index is 13.0. The lowest BCUT2D eigenvalue weighted by Gasteiger charge is -2.25. The highest BCUT2D eigenvalue weighted by Crippen LogP contribution is 2.47. The summed E-state index contributed by atoms with van der Waals surface area (Å²) < 4.78 is 5.53. The van der Waals surface area contributed by atoms with Crippen LogP contribution in [0, 0.1) is 13.8 Å². The Hall–Kier alpha value is -3.12. The third-order valence-corrected chi connectivity index (χ3v) is 6.40. The van der Waals surface area contributed by atoms with Crippen molar-refractivity contribution >= 4 is 33.8 Å². The molecule has 0 aliphatic carbocycles. The Bertz CT molecular complexity index is 1100. The zero-order valence-electron chi connectivity index (χ0n) is 16.5. The lowest BCUT2D eigenvalue weighted by Crippen LogP contribution is -2.23. The van der Waals surface area contributed by atoms with E-state index in [1.165, 1.54) is 11.3 Å². The molecule has 2 heterocycles. The minimum absolute atomic E-state index is 0.0553. The van der Waals surface area contributed by atoms with E-state index in [-0.39, 0.29) is 17.7 Å². The minimum atomic E-state index is -0.166. The fourth-order valence-electron chi connectivity index (χ4n) is 3.85. The predicted octanol–water partition coefficient (Wildman–Crippen LogP) is 5.10. The van der Waals surface area contributed by atoms with Crippen molar-refractivity contribution in [3.05, 3.63) is 75.7 Å². The van der Waals surface area contributed by atoms with E-state index in [0.29, 0.717) is 11.3 Å². The second-order valence-corrected chi connectivity index (χ2v) is 8.19. The summed E-state index contributed by atoms with van der Waals surface area (Å²) in [6.07, 6.45) is 0.323. The fourth-order valence-corrected chi connectivity index (χ4v) is 5.03. The summed E-state index contributed by atoms with van der Waals surface area (Å²) in [4.78, 5) is 26.0. The van der Waals surface area contributed by atoms with Gasteiger partial charge in [0.25, 0.3) is 5.91 Å². The van der Waals surface area contributed by atoms with Crippen LogP contribution in [0.2, 0.25) is 0 Å². The number of hydrogen-bond donors (Lipinski definition) is 2. The van der Waals surface area contributed by atoms with Crippen LogP contribution in [0.25, 0.3) is 0 Å². The smallest absolute Gasteiger partial charge is 0.266 e. The molecule has 0 saturated heterocycles. The van der Waals surface area contributed by atoms with Crippen LogP contribution in [0.4, 0.5) is 10.7 Å². The Kier molecular flexibility index (Phi) is 5.11. The van der Waals surface area contributed by atoms with E-state index < -0.39 is 0 Å². The first-order valence-electron chi connectivity index (χ1n) is 9.42. The summed E-state index contributed by atoms with van der Waals surface area (Å²) in [6.45, 7) is 3.93. The number of para-hydroxylation sites is 1.